The number of nitrogens with zero attached hydrogens (tertiary/aromatic N) is 1. The van der Waals surface area contributed by atoms with Gasteiger partial charge in [-0.15, -0.1) is 0 Å². The number of fused-ring (bicyclic) bond motifs is 1. The lowest BCUT2D eigenvalue weighted by Crippen LogP contribution is -2.63. The molecule has 0 aromatic heterocycles. The van der Waals surface area contributed by atoms with Crippen molar-refractivity contribution in [3.8, 4) is 0 Å². The Morgan fingerprint density at radius 1 is 1.04 bits per heavy atom. The number of hydrogen-bond donors (Lipinski definition) is 2. The normalized spacial score (nSPS) is 18.0. The van der Waals surface area contributed by atoms with Crippen molar-refractivity contribution in [1.29, 1.82) is 0 Å². The van der Waals surface area contributed by atoms with Gasteiger partial charge in [0.2, 0.25) is 5.91 Å². The van der Waals surface area contributed by atoms with E-state index in [-0.39, 0.29) is 11.8 Å². The summed E-state index contributed by atoms with van der Waals surface area (Å²) in [6, 6.07) is 15.7. The molecule has 1 spiro atoms. The van der Waals surface area contributed by atoms with Gasteiger partial charge in [-0.3, -0.25) is 9.59 Å². The highest BCUT2D eigenvalue weighted by Gasteiger charge is 2.41. The van der Waals surface area contributed by atoms with Crippen LogP contribution in [-0.4, -0.2) is 35.5 Å². The molecule has 0 saturated carbocycles. The van der Waals surface area contributed by atoms with E-state index in [9.17, 15) is 9.59 Å². The number of aryl methyl sites for hydroxylation is 1. The zero-order chi connectivity index (χ0) is 18.1. The van der Waals surface area contributed by atoms with Crippen LogP contribution in [0.3, 0.4) is 0 Å². The Hall–Kier alpha value is -2.82. The maximum absolute atomic E-state index is 12.6. The summed E-state index contributed by atoms with van der Waals surface area (Å²) in [4.78, 5) is 27.1. The summed E-state index contributed by atoms with van der Waals surface area (Å²) in [6.45, 7) is 3.23. The lowest BCUT2D eigenvalue weighted by molar-refractivity contribution is -0.132. The van der Waals surface area contributed by atoms with Crippen LogP contribution in [-0.2, 0) is 11.2 Å². The van der Waals surface area contributed by atoms with Crippen molar-refractivity contribution in [3.05, 3.63) is 65.2 Å². The van der Waals surface area contributed by atoms with Crippen molar-refractivity contribution >= 4 is 17.5 Å². The number of amides is 2. The highest BCUT2D eigenvalue weighted by atomic mass is 16.2. The predicted octanol–water partition coefficient (Wildman–Crippen LogP) is 2.71. The van der Waals surface area contributed by atoms with Crippen molar-refractivity contribution in [2.45, 2.75) is 31.8 Å². The smallest absolute Gasteiger partial charge is 0.255 e. The van der Waals surface area contributed by atoms with Crippen LogP contribution < -0.4 is 10.6 Å². The van der Waals surface area contributed by atoms with E-state index in [0.717, 1.165) is 22.4 Å². The molecule has 2 aromatic carbocycles. The van der Waals surface area contributed by atoms with Crippen molar-refractivity contribution in [1.82, 2.24) is 10.2 Å². The van der Waals surface area contributed by atoms with Crippen LogP contribution in [0.2, 0.25) is 0 Å². The van der Waals surface area contributed by atoms with E-state index in [4.69, 9.17) is 0 Å². The van der Waals surface area contributed by atoms with Gasteiger partial charge in [0, 0.05) is 31.6 Å². The number of hydrogen-bond acceptors (Lipinski definition) is 3. The van der Waals surface area contributed by atoms with Gasteiger partial charge in [-0.2, -0.15) is 0 Å². The van der Waals surface area contributed by atoms with Gasteiger partial charge in [0.1, 0.15) is 5.66 Å². The van der Waals surface area contributed by atoms with E-state index in [1.165, 1.54) is 0 Å². The largest absolute Gasteiger partial charge is 0.362 e. The Labute approximate surface area is 153 Å². The third-order valence-corrected chi connectivity index (χ3v) is 5.39. The van der Waals surface area contributed by atoms with Crippen LogP contribution >= 0.6 is 0 Å². The fourth-order valence-electron chi connectivity index (χ4n) is 3.91. The Bertz CT molecular complexity index is 840. The minimum absolute atomic E-state index is 0.0269. The van der Waals surface area contributed by atoms with E-state index in [0.29, 0.717) is 32.4 Å². The summed E-state index contributed by atoms with van der Waals surface area (Å²) in [6.07, 6.45) is 1.83. The highest BCUT2D eigenvalue weighted by molar-refractivity contribution is 6.03. The molecule has 0 radical (unpaired) electrons. The first-order chi connectivity index (χ1) is 12.6. The summed E-state index contributed by atoms with van der Waals surface area (Å²) >= 11 is 0. The highest BCUT2D eigenvalue weighted by Crippen LogP contribution is 2.32. The first-order valence-corrected chi connectivity index (χ1v) is 9.08. The van der Waals surface area contributed by atoms with Gasteiger partial charge in [-0.25, -0.2) is 0 Å². The van der Waals surface area contributed by atoms with E-state index in [1.807, 2.05) is 60.4 Å². The predicted molar refractivity (Wildman–Crippen MR) is 101 cm³/mol. The van der Waals surface area contributed by atoms with Gasteiger partial charge in [0.05, 0.1) is 12.0 Å². The Morgan fingerprint density at radius 3 is 2.50 bits per heavy atom. The maximum atomic E-state index is 12.6. The zero-order valence-electron chi connectivity index (χ0n) is 14.9. The number of benzene rings is 2. The average molecular weight is 349 g/mol. The number of rotatable bonds is 2. The van der Waals surface area contributed by atoms with Gasteiger partial charge in [0.25, 0.3) is 5.91 Å². The van der Waals surface area contributed by atoms with E-state index in [1.54, 1.807) is 0 Å². The molecule has 2 amide bonds. The molecule has 4 rings (SSSR count). The number of piperidine rings is 1. The van der Waals surface area contributed by atoms with Crippen molar-refractivity contribution in [3.63, 3.8) is 0 Å². The van der Waals surface area contributed by atoms with Gasteiger partial charge < -0.3 is 15.5 Å². The summed E-state index contributed by atoms with van der Waals surface area (Å²) in [5.41, 5.74) is 3.16. The molecule has 1 fully saturated rings. The molecule has 2 aliphatic rings. The molecule has 5 heteroatoms. The number of carbonyl (C=O) groups is 2. The van der Waals surface area contributed by atoms with Gasteiger partial charge >= 0.3 is 0 Å². The van der Waals surface area contributed by atoms with Crippen molar-refractivity contribution < 1.29 is 9.59 Å². The number of nitrogens with one attached hydrogen (secondary N) is 2. The molecule has 134 valence electrons. The molecule has 5 nitrogen and oxygen atoms in total. The summed E-state index contributed by atoms with van der Waals surface area (Å²) in [7, 11) is 0. The van der Waals surface area contributed by atoms with Crippen molar-refractivity contribution in [2.24, 2.45) is 0 Å². The molecule has 0 bridgehead atoms. The van der Waals surface area contributed by atoms with Crippen LogP contribution in [0, 0.1) is 6.92 Å². The van der Waals surface area contributed by atoms with Gasteiger partial charge in [-0.1, -0.05) is 42.5 Å². The molecule has 2 aliphatic heterocycles. The lowest BCUT2D eigenvalue weighted by atomic mass is 9.91. The third-order valence-electron chi connectivity index (χ3n) is 5.39. The lowest BCUT2D eigenvalue weighted by Gasteiger charge is -2.46. The SMILES string of the molecule is Cc1cccc2c1C(=O)NC1(CCN(C(=O)Cc3ccccc3)CC1)N2. The molecule has 0 aliphatic carbocycles. The van der Waals surface area contributed by atoms with E-state index >= 15 is 0 Å². The maximum Gasteiger partial charge on any atom is 0.255 e. The first-order valence-electron chi connectivity index (χ1n) is 9.08. The number of carbonyl (C=O) groups excluding carboxylic acids is 2. The Kier molecular flexibility index (Phi) is 4.15. The van der Waals surface area contributed by atoms with Crippen LogP contribution in [0.5, 0.6) is 0 Å². The molecular formula is C21H23N3O2. The number of anilines is 1. The van der Waals surface area contributed by atoms with Crippen LogP contribution in [0.4, 0.5) is 5.69 Å². The first kappa shape index (κ1) is 16.6. The molecule has 0 unspecified atom stereocenters. The minimum atomic E-state index is -0.457. The van der Waals surface area contributed by atoms with Crippen LogP contribution in [0.25, 0.3) is 0 Å². The molecule has 1 saturated heterocycles. The average Bonchev–Trinajstić information content (AvgIpc) is 2.62. The molecule has 2 heterocycles. The molecule has 2 aromatic rings. The van der Waals surface area contributed by atoms with Crippen LogP contribution in [0.1, 0.15) is 34.3 Å². The minimum Gasteiger partial charge on any atom is -0.362 e. The summed E-state index contributed by atoms with van der Waals surface area (Å²) < 4.78 is 0. The van der Waals surface area contributed by atoms with Gasteiger partial charge in [0.15, 0.2) is 0 Å². The zero-order valence-corrected chi connectivity index (χ0v) is 14.9. The second kappa shape index (κ2) is 6.48. The standard InChI is InChI=1S/C21H23N3O2/c1-15-6-5-9-17-19(15)20(26)23-21(22-17)10-12-24(13-11-21)18(25)14-16-7-3-2-4-8-16/h2-9,22H,10-14H2,1H3,(H,23,26). The van der Waals surface area contributed by atoms with E-state index < -0.39 is 5.66 Å². The van der Waals surface area contributed by atoms with Crippen molar-refractivity contribution in [2.75, 3.05) is 18.4 Å². The molecule has 0 atom stereocenters. The molecule has 2 N–H and O–H groups in total. The second-order valence-electron chi connectivity index (χ2n) is 7.20. The number of likely N-dealkylation sites (tertiary alicyclic amines) is 1. The summed E-state index contributed by atoms with van der Waals surface area (Å²) in [5.74, 6) is 0.116. The van der Waals surface area contributed by atoms with Gasteiger partial charge in [-0.05, 0) is 24.1 Å². The monoisotopic (exact) mass is 349 g/mol. The quantitative estimate of drug-likeness (QED) is 0.876. The molecular weight excluding hydrogens is 326 g/mol. The van der Waals surface area contributed by atoms with Crippen LogP contribution in [0.15, 0.2) is 48.5 Å². The van der Waals surface area contributed by atoms with E-state index in [2.05, 4.69) is 10.6 Å². The fraction of sp³-hybridized carbons (Fsp3) is 0.333. The Balaban J connectivity index is 1.43. The third kappa shape index (κ3) is 3.05. The summed E-state index contributed by atoms with van der Waals surface area (Å²) in [5, 5.41) is 6.67. The topological polar surface area (TPSA) is 61.4 Å². The fourth-order valence-corrected chi connectivity index (χ4v) is 3.91. The molecule has 26 heavy (non-hydrogen) atoms. The second-order valence-corrected chi connectivity index (χ2v) is 7.20. The Morgan fingerprint density at radius 2 is 1.77 bits per heavy atom.